The maximum Gasteiger partial charge on any atom is 0.309 e. The lowest BCUT2D eigenvalue weighted by Crippen LogP contribution is -2.43. The van der Waals surface area contributed by atoms with Crippen molar-refractivity contribution in [3.63, 3.8) is 0 Å². The van der Waals surface area contributed by atoms with E-state index in [1.807, 2.05) is 0 Å². The Labute approximate surface area is 188 Å². The molecule has 3 aliphatic rings. The van der Waals surface area contributed by atoms with E-state index >= 15 is 0 Å². The summed E-state index contributed by atoms with van der Waals surface area (Å²) in [6, 6.07) is 4.65. The van der Waals surface area contributed by atoms with Crippen molar-refractivity contribution < 1.29 is 32.2 Å². The average molecular weight is 467 g/mol. The van der Waals surface area contributed by atoms with Gasteiger partial charge in [-0.1, -0.05) is 0 Å². The van der Waals surface area contributed by atoms with Gasteiger partial charge in [-0.15, -0.1) is 0 Å². The van der Waals surface area contributed by atoms with Crippen molar-refractivity contribution >= 4 is 21.9 Å². The number of hydrogen-bond donors (Lipinski definition) is 0. The number of hydrogen-bond acceptors (Lipinski definition) is 7. The van der Waals surface area contributed by atoms with Crippen LogP contribution in [0.2, 0.25) is 0 Å². The highest BCUT2D eigenvalue weighted by molar-refractivity contribution is 7.89. The van der Waals surface area contributed by atoms with Crippen LogP contribution in [0.1, 0.15) is 39.0 Å². The Kier molecular flexibility index (Phi) is 6.90. The predicted octanol–water partition coefficient (Wildman–Crippen LogP) is 1.80. The number of piperidine rings is 1. The Hall–Kier alpha value is -2.33. The summed E-state index contributed by atoms with van der Waals surface area (Å²) in [7, 11) is -3.72. The Balaban J connectivity index is 1.34. The average Bonchev–Trinajstić information content (AvgIpc) is 3.23. The molecule has 10 heteroatoms. The van der Waals surface area contributed by atoms with Crippen LogP contribution in [0.25, 0.3) is 0 Å². The molecule has 0 spiro atoms. The fourth-order valence-electron chi connectivity index (χ4n) is 4.30. The van der Waals surface area contributed by atoms with E-state index in [-0.39, 0.29) is 23.9 Å². The molecule has 1 amide bonds. The molecule has 0 aromatic heterocycles. The van der Waals surface area contributed by atoms with Gasteiger partial charge in [0.15, 0.2) is 17.6 Å². The lowest BCUT2D eigenvalue weighted by Gasteiger charge is -2.31. The molecule has 1 aromatic carbocycles. The van der Waals surface area contributed by atoms with Crippen LogP contribution in [0.3, 0.4) is 0 Å². The van der Waals surface area contributed by atoms with Crippen molar-refractivity contribution in [1.82, 2.24) is 9.21 Å². The number of fused-ring (bicyclic) bond motifs is 1. The molecule has 3 aliphatic heterocycles. The Bertz CT molecular complexity index is 951. The van der Waals surface area contributed by atoms with Gasteiger partial charge in [0.2, 0.25) is 10.0 Å². The molecule has 3 heterocycles. The monoisotopic (exact) mass is 466 g/mol. The van der Waals surface area contributed by atoms with Crippen molar-refractivity contribution in [3.05, 3.63) is 18.2 Å². The van der Waals surface area contributed by atoms with Crippen LogP contribution < -0.4 is 9.47 Å². The highest BCUT2D eigenvalue weighted by atomic mass is 32.2. The van der Waals surface area contributed by atoms with E-state index in [1.165, 1.54) is 16.4 Å². The van der Waals surface area contributed by atoms with Gasteiger partial charge in [-0.3, -0.25) is 9.59 Å². The van der Waals surface area contributed by atoms with E-state index in [0.717, 1.165) is 19.3 Å². The largest absolute Gasteiger partial charge is 0.490 e. The quantitative estimate of drug-likeness (QED) is 0.610. The lowest BCUT2D eigenvalue weighted by atomic mass is 9.98. The molecule has 0 aliphatic carbocycles. The smallest absolute Gasteiger partial charge is 0.309 e. The molecule has 0 unspecified atom stereocenters. The molecule has 0 bridgehead atoms. The van der Waals surface area contributed by atoms with Gasteiger partial charge in [0.05, 0.1) is 24.0 Å². The molecule has 2 fully saturated rings. The van der Waals surface area contributed by atoms with Crippen LogP contribution in [0.4, 0.5) is 0 Å². The summed E-state index contributed by atoms with van der Waals surface area (Å²) in [5, 5.41) is 0. The Morgan fingerprint density at radius 2 is 1.66 bits per heavy atom. The SMILES string of the molecule is C[C@H](OC(=O)C1CCN(S(=O)(=O)c2ccc3c(c2)OCCCO3)CC1)C(=O)N1CCCC1. The summed E-state index contributed by atoms with van der Waals surface area (Å²) < 4.78 is 44.2. The van der Waals surface area contributed by atoms with Gasteiger partial charge >= 0.3 is 5.97 Å². The number of likely N-dealkylation sites (tertiary alicyclic amines) is 1. The first kappa shape index (κ1) is 22.8. The summed E-state index contributed by atoms with van der Waals surface area (Å²) in [5.41, 5.74) is 0. The van der Waals surface area contributed by atoms with E-state index in [0.29, 0.717) is 50.6 Å². The molecule has 4 rings (SSSR count). The first-order chi connectivity index (χ1) is 15.4. The second-order valence-corrected chi connectivity index (χ2v) is 10.4. The molecular weight excluding hydrogens is 436 g/mol. The van der Waals surface area contributed by atoms with E-state index < -0.39 is 28.0 Å². The van der Waals surface area contributed by atoms with Gasteiger partial charge in [-0.2, -0.15) is 4.31 Å². The van der Waals surface area contributed by atoms with Gasteiger partial charge in [0.1, 0.15) is 0 Å². The van der Waals surface area contributed by atoms with Gasteiger partial charge < -0.3 is 19.1 Å². The van der Waals surface area contributed by atoms with Gasteiger partial charge in [0, 0.05) is 38.7 Å². The zero-order chi connectivity index (χ0) is 22.7. The highest BCUT2D eigenvalue weighted by Crippen LogP contribution is 2.34. The van der Waals surface area contributed by atoms with Crippen molar-refractivity contribution in [3.8, 4) is 11.5 Å². The molecule has 2 saturated heterocycles. The van der Waals surface area contributed by atoms with E-state index in [2.05, 4.69) is 0 Å². The summed E-state index contributed by atoms with van der Waals surface area (Å²) in [4.78, 5) is 26.8. The third kappa shape index (κ3) is 4.85. The van der Waals surface area contributed by atoms with Crippen LogP contribution in [0.5, 0.6) is 11.5 Å². The predicted molar refractivity (Wildman–Crippen MR) is 115 cm³/mol. The highest BCUT2D eigenvalue weighted by Gasteiger charge is 2.35. The zero-order valence-electron chi connectivity index (χ0n) is 18.3. The number of amides is 1. The summed E-state index contributed by atoms with van der Waals surface area (Å²) >= 11 is 0. The van der Waals surface area contributed by atoms with Crippen LogP contribution >= 0.6 is 0 Å². The van der Waals surface area contributed by atoms with Gasteiger partial charge in [0.25, 0.3) is 5.91 Å². The maximum atomic E-state index is 13.1. The van der Waals surface area contributed by atoms with E-state index in [9.17, 15) is 18.0 Å². The molecular formula is C22H30N2O7S. The fraction of sp³-hybridized carbons (Fsp3) is 0.636. The van der Waals surface area contributed by atoms with Crippen LogP contribution in [0, 0.1) is 5.92 Å². The number of nitrogens with zero attached hydrogens (tertiary/aromatic N) is 2. The number of benzene rings is 1. The number of rotatable bonds is 5. The number of esters is 1. The van der Waals surface area contributed by atoms with Crippen LogP contribution in [0.15, 0.2) is 23.1 Å². The lowest BCUT2D eigenvalue weighted by molar-refractivity contribution is -0.163. The second kappa shape index (κ2) is 9.66. The van der Waals surface area contributed by atoms with E-state index in [1.54, 1.807) is 17.9 Å². The number of ether oxygens (including phenoxy) is 3. The van der Waals surface area contributed by atoms with Crippen molar-refractivity contribution in [1.29, 1.82) is 0 Å². The number of carbonyl (C=O) groups excluding carboxylic acids is 2. The van der Waals surface area contributed by atoms with Crippen LogP contribution in [-0.2, 0) is 24.3 Å². The topological polar surface area (TPSA) is 102 Å². The van der Waals surface area contributed by atoms with Crippen molar-refractivity contribution in [2.75, 3.05) is 39.4 Å². The summed E-state index contributed by atoms with van der Waals surface area (Å²) in [6.07, 6.45) is 2.58. The zero-order valence-corrected chi connectivity index (χ0v) is 19.1. The second-order valence-electron chi connectivity index (χ2n) is 8.45. The number of carbonyl (C=O) groups is 2. The minimum Gasteiger partial charge on any atom is -0.490 e. The number of sulfonamides is 1. The maximum absolute atomic E-state index is 13.1. The summed E-state index contributed by atoms with van der Waals surface area (Å²) in [6.45, 7) is 4.44. The standard InChI is InChI=1S/C22H30N2O7S/c1-16(21(25)23-9-2-3-10-23)31-22(26)17-7-11-24(12-8-17)32(27,28)18-5-6-19-20(15-18)30-14-4-13-29-19/h5-6,15-17H,2-4,7-14H2,1H3/t16-/m0/s1. The third-order valence-corrected chi connectivity index (χ3v) is 8.10. The van der Waals surface area contributed by atoms with Crippen molar-refractivity contribution in [2.24, 2.45) is 5.92 Å². The third-order valence-electron chi connectivity index (χ3n) is 6.20. The molecule has 9 nitrogen and oxygen atoms in total. The Morgan fingerprint density at radius 3 is 2.34 bits per heavy atom. The molecule has 32 heavy (non-hydrogen) atoms. The molecule has 1 atom stereocenters. The molecule has 176 valence electrons. The molecule has 0 N–H and O–H groups in total. The summed E-state index contributed by atoms with van der Waals surface area (Å²) in [5.74, 6) is -0.0406. The fourth-order valence-corrected chi connectivity index (χ4v) is 5.79. The normalized spacial score (nSPS) is 21.1. The van der Waals surface area contributed by atoms with Gasteiger partial charge in [-0.05, 0) is 44.7 Å². The van der Waals surface area contributed by atoms with Gasteiger partial charge in [-0.25, -0.2) is 8.42 Å². The first-order valence-corrected chi connectivity index (χ1v) is 12.7. The van der Waals surface area contributed by atoms with Crippen molar-refractivity contribution in [2.45, 2.75) is 50.0 Å². The molecule has 0 saturated carbocycles. The van der Waals surface area contributed by atoms with E-state index in [4.69, 9.17) is 14.2 Å². The first-order valence-electron chi connectivity index (χ1n) is 11.3. The van der Waals surface area contributed by atoms with Crippen LogP contribution in [-0.4, -0.2) is 75.0 Å². The minimum atomic E-state index is -3.72. The minimum absolute atomic E-state index is 0.146. The molecule has 0 radical (unpaired) electrons. The molecule has 1 aromatic rings. The Morgan fingerprint density at radius 1 is 1.00 bits per heavy atom.